The summed E-state index contributed by atoms with van der Waals surface area (Å²) in [6.45, 7) is 0.317. The van der Waals surface area contributed by atoms with Crippen LogP contribution in [0.5, 0.6) is 5.75 Å². The average Bonchev–Trinajstić information content (AvgIpc) is 2.97. The van der Waals surface area contributed by atoms with Crippen LogP contribution in [0.2, 0.25) is 5.02 Å². The first-order valence-electron chi connectivity index (χ1n) is 8.87. The molecule has 150 valence electrons. The van der Waals surface area contributed by atoms with Crippen molar-refractivity contribution in [3.05, 3.63) is 69.6 Å². The minimum atomic E-state index is -0.359. The van der Waals surface area contributed by atoms with E-state index in [4.69, 9.17) is 16.3 Å². The van der Waals surface area contributed by atoms with Crippen LogP contribution in [0.4, 0.5) is 4.79 Å². The second-order valence-corrected chi connectivity index (χ2v) is 7.69. The molecule has 3 amide bonds. The van der Waals surface area contributed by atoms with Crippen molar-refractivity contribution in [3.63, 3.8) is 0 Å². The molecule has 1 N–H and O–H groups in total. The Kier molecular flexibility index (Phi) is 6.95. The minimum Gasteiger partial charge on any atom is -0.497 e. The molecule has 8 heteroatoms. The lowest BCUT2D eigenvalue weighted by Gasteiger charge is -2.13. The molecule has 1 saturated heterocycles. The van der Waals surface area contributed by atoms with E-state index in [0.717, 1.165) is 27.8 Å². The van der Waals surface area contributed by atoms with E-state index >= 15 is 0 Å². The van der Waals surface area contributed by atoms with E-state index in [9.17, 15) is 14.4 Å². The Hall–Kier alpha value is -2.77. The number of nitrogens with zero attached hydrogens (tertiary/aromatic N) is 1. The molecule has 2 aromatic rings. The van der Waals surface area contributed by atoms with Gasteiger partial charge in [-0.25, -0.2) is 0 Å². The molecular formula is C21H19ClN2O4S. The zero-order valence-electron chi connectivity index (χ0n) is 15.7. The molecule has 0 radical (unpaired) electrons. The normalized spacial score (nSPS) is 15.1. The third-order valence-electron chi connectivity index (χ3n) is 4.22. The van der Waals surface area contributed by atoms with Crippen molar-refractivity contribution < 1.29 is 19.1 Å². The van der Waals surface area contributed by atoms with Crippen LogP contribution in [0, 0.1) is 0 Å². The fourth-order valence-corrected chi connectivity index (χ4v) is 3.69. The van der Waals surface area contributed by atoms with E-state index in [2.05, 4.69) is 5.32 Å². The summed E-state index contributed by atoms with van der Waals surface area (Å²) in [6.07, 6.45) is 1.87. The second kappa shape index (κ2) is 9.62. The van der Waals surface area contributed by atoms with E-state index in [0.29, 0.717) is 15.7 Å². The van der Waals surface area contributed by atoms with Gasteiger partial charge in [-0.1, -0.05) is 35.9 Å². The molecule has 0 spiro atoms. The number of carbonyl (C=O) groups is 3. The molecule has 1 fully saturated rings. The van der Waals surface area contributed by atoms with Gasteiger partial charge in [0.05, 0.1) is 18.4 Å². The molecule has 0 aromatic heterocycles. The third kappa shape index (κ3) is 5.62. The highest BCUT2D eigenvalue weighted by Crippen LogP contribution is 2.32. The summed E-state index contributed by atoms with van der Waals surface area (Å²) in [7, 11) is 1.58. The summed E-state index contributed by atoms with van der Waals surface area (Å²) in [5.74, 6) is 0.167. The van der Waals surface area contributed by atoms with Crippen LogP contribution in [0.1, 0.15) is 11.1 Å². The van der Waals surface area contributed by atoms with Crippen LogP contribution in [-0.4, -0.2) is 42.2 Å². The zero-order valence-corrected chi connectivity index (χ0v) is 17.3. The van der Waals surface area contributed by atoms with Crippen LogP contribution >= 0.6 is 23.4 Å². The molecule has 0 unspecified atom stereocenters. The summed E-state index contributed by atoms with van der Waals surface area (Å²) < 4.78 is 5.11. The maximum atomic E-state index is 12.5. The van der Waals surface area contributed by atoms with Gasteiger partial charge in [0.25, 0.3) is 11.1 Å². The van der Waals surface area contributed by atoms with Crippen molar-refractivity contribution in [2.24, 2.45) is 0 Å². The van der Waals surface area contributed by atoms with Crippen molar-refractivity contribution in [1.82, 2.24) is 10.2 Å². The van der Waals surface area contributed by atoms with Crippen LogP contribution in [0.15, 0.2) is 53.4 Å². The van der Waals surface area contributed by atoms with Crippen LogP contribution in [0.3, 0.4) is 0 Å². The van der Waals surface area contributed by atoms with Gasteiger partial charge in [-0.2, -0.15) is 0 Å². The van der Waals surface area contributed by atoms with Gasteiger partial charge < -0.3 is 10.1 Å². The Morgan fingerprint density at radius 2 is 1.83 bits per heavy atom. The average molecular weight is 431 g/mol. The van der Waals surface area contributed by atoms with E-state index in [1.54, 1.807) is 49.6 Å². The molecule has 0 aliphatic carbocycles. The van der Waals surface area contributed by atoms with Gasteiger partial charge in [-0.15, -0.1) is 0 Å². The number of hydrogen-bond acceptors (Lipinski definition) is 5. The lowest BCUT2D eigenvalue weighted by Crippen LogP contribution is -2.37. The summed E-state index contributed by atoms with van der Waals surface area (Å²) >= 11 is 6.72. The number of thioether (sulfide) groups is 1. The molecule has 1 aliphatic heterocycles. The molecule has 3 rings (SSSR count). The number of ether oxygens (including phenoxy) is 1. The first-order chi connectivity index (χ1) is 14.0. The first kappa shape index (κ1) is 21.0. The Balaban J connectivity index is 1.52. The summed E-state index contributed by atoms with van der Waals surface area (Å²) in [5.41, 5.74) is 1.63. The molecular weight excluding hydrogens is 412 g/mol. The van der Waals surface area contributed by atoms with Gasteiger partial charge in [0.2, 0.25) is 5.91 Å². The van der Waals surface area contributed by atoms with Crippen LogP contribution in [-0.2, 0) is 16.0 Å². The Bertz CT molecular complexity index is 942. The second-order valence-electron chi connectivity index (χ2n) is 6.26. The van der Waals surface area contributed by atoms with Crippen molar-refractivity contribution in [3.8, 4) is 5.75 Å². The predicted molar refractivity (Wildman–Crippen MR) is 114 cm³/mol. The number of benzene rings is 2. The first-order valence-corrected chi connectivity index (χ1v) is 10.1. The lowest BCUT2D eigenvalue weighted by molar-refractivity contribution is -0.124. The van der Waals surface area contributed by atoms with Crippen molar-refractivity contribution in [2.75, 3.05) is 20.2 Å². The van der Waals surface area contributed by atoms with E-state index in [1.165, 1.54) is 0 Å². The standard InChI is InChI=1S/C21H19ClN2O4S/c1-28-17-8-4-14(5-9-17)12-18-20(26)24(21(27)29-18)11-10-23-19(25)13-15-2-6-16(22)7-3-15/h2-9,12H,10-11,13H2,1H3,(H,23,25). The quantitative estimate of drug-likeness (QED) is 0.677. The highest BCUT2D eigenvalue weighted by atomic mass is 35.5. The predicted octanol–water partition coefficient (Wildman–Crippen LogP) is 3.74. The van der Waals surface area contributed by atoms with E-state index < -0.39 is 0 Å². The highest BCUT2D eigenvalue weighted by Gasteiger charge is 2.34. The maximum Gasteiger partial charge on any atom is 0.293 e. The number of halogens is 1. The molecule has 0 saturated carbocycles. The smallest absolute Gasteiger partial charge is 0.293 e. The molecule has 0 atom stereocenters. The largest absolute Gasteiger partial charge is 0.497 e. The molecule has 1 heterocycles. The lowest BCUT2D eigenvalue weighted by atomic mass is 10.1. The fraction of sp³-hybridized carbons (Fsp3) is 0.190. The zero-order chi connectivity index (χ0) is 20.8. The van der Waals surface area contributed by atoms with Crippen LogP contribution in [0.25, 0.3) is 6.08 Å². The molecule has 2 aromatic carbocycles. The Morgan fingerprint density at radius 3 is 2.48 bits per heavy atom. The Labute approximate surface area is 177 Å². The van der Waals surface area contributed by atoms with Gasteiger partial charge in [0, 0.05) is 18.1 Å². The van der Waals surface area contributed by atoms with Gasteiger partial charge in [0.15, 0.2) is 0 Å². The summed E-state index contributed by atoms with van der Waals surface area (Å²) in [6, 6.07) is 14.2. The fourth-order valence-electron chi connectivity index (χ4n) is 2.70. The number of amides is 3. The topological polar surface area (TPSA) is 75.7 Å². The minimum absolute atomic E-state index is 0.122. The number of nitrogens with one attached hydrogen (secondary N) is 1. The van der Waals surface area contributed by atoms with E-state index in [-0.39, 0.29) is 36.6 Å². The summed E-state index contributed by atoms with van der Waals surface area (Å²) in [5, 5.41) is 2.99. The third-order valence-corrected chi connectivity index (χ3v) is 5.38. The van der Waals surface area contributed by atoms with Gasteiger partial charge in [-0.3, -0.25) is 19.3 Å². The Morgan fingerprint density at radius 1 is 1.14 bits per heavy atom. The summed E-state index contributed by atoms with van der Waals surface area (Å²) in [4.78, 5) is 38.2. The number of rotatable bonds is 7. The number of hydrogen-bond donors (Lipinski definition) is 1. The van der Waals surface area contributed by atoms with Gasteiger partial charge in [-0.05, 0) is 53.2 Å². The maximum absolute atomic E-state index is 12.5. The molecule has 0 bridgehead atoms. The number of methoxy groups -OCH3 is 1. The van der Waals surface area contributed by atoms with Crippen molar-refractivity contribution in [2.45, 2.75) is 6.42 Å². The highest BCUT2D eigenvalue weighted by molar-refractivity contribution is 8.18. The van der Waals surface area contributed by atoms with Crippen LogP contribution < -0.4 is 10.1 Å². The van der Waals surface area contributed by atoms with Crippen molar-refractivity contribution >= 4 is 46.5 Å². The monoisotopic (exact) mass is 430 g/mol. The van der Waals surface area contributed by atoms with Crippen molar-refractivity contribution in [1.29, 1.82) is 0 Å². The van der Waals surface area contributed by atoms with E-state index in [1.807, 2.05) is 12.1 Å². The SMILES string of the molecule is COc1ccc(C=C2SC(=O)N(CCNC(=O)Cc3ccc(Cl)cc3)C2=O)cc1. The van der Waals surface area contributed by atoms with Gasteiger partial charge >= 0.3 is 0 Å². The molecule has 29 heavy (non-hydrogen) atoms. The number of carbonyl (C=O) groups excluding carboxylic acids is 3. The molecule has 1 aliphatic rings. The molecule has 6 nitrogen and oxygen atoms in total. The van der Waals surface area contributed by atoms with Gasteiger partial charge in [0.1, 0.15) is 5.75 Å². The number of imide groups is 1.